The number of carbonyl (C=O) groups is 2. The molecule has 0 aromatic heterocycles. The smallest absolute Gasteiger partial charge is 0.410 e. The fourth-order valence-corrected chi connectivity index (χ4v) is 4.83. The molecule has 2 aromatic rings. The van der Waals surface area contributed by atoms with Crippen LogP contribution in [0.1, 0.15) is 66.4 Å². The van der Waals surface area contributed by atoms with E-state index in [1.165, 1.54) is 5.56 Å². The number of nitrogens with zero attached hydrogens (tertiary/aromatic N) is 1. The summed E-state index contributed by atoms with van der Waals surface area (Å²) in [7, 11) is 0. The van der Waals surface area contributed by atoms with Gasteiger partial charge in [0.15, 0.2) is 0 Å². The van der Waals surface area contributed by atoms with E-state index in [0.717, 1.165) is 57.3 Å². The zero-order valence-electron chi connectivity index (χ0n) is 18.8. The normalized spacial score (nSPS) is 17.6. The number of nitrogens with one attached hydrogen (secondary N) is 2. The van der Waals surface area contributed by atoms with E-state index in [1.54, 1.807) is 0 Å². The summed E-state index contributed by atoms with van der Waals surface area (Å²) in [4.78, 5) is 26.3. The Morgan fingerprint density at radius 3 is 2.38 bits per heavy atom. The Bertz CT molecular complexity index is 898. The SMILES string of the molecule is CCCNNC(=O)c1ccc(C2CCC3(CC2)CN(C(=O)OCc2ccccc2)C3)cc1. The summed E-state index contributed by atoms with van der Waals surface area (Å²) in [5, 5.41) is 0. The van der Waals surface area contributed by atoms with Crippen molar-refractivity contribution in [3.63, 3.8) is 0 Å². The van der Waals surface area contributed by atoms with Crippen molar-refractivity contribution >= 4 is 12.0 Å². The molecule has 2 aromatic carbocycles. The molecule has 2 fully saturated rings. The molecule has 1 aliphatic carbocycles. The lowest BCUT2D eigenvalue weighted by atomic mass is 9.65. The molecule has 0 unspecified atom stereocenters. The number of hydrazine groups is 1. The lowest BCUT2D eigenvalue weighted by Crippen LogP contribution is -2.59. The highest BCUT2D eigenvalue weighted by Gasteiger charge is 2.47. The van der Waals surface area contributed by atoms with Crippen LogP contribution in [0.5, 0.6) is 0 Å². The Morgan fingerprint density at radius 2 is 1.72 bits per heavy atom. The predicted molar refractivity (Wildman–Crippen MR) is 124 cm³/mol. The standard InChI is InChI=1S/C26H33N3O3/c1-2-16-27-28-24(30)23-10-8-21(9-11-23)22-12-14-26(15-13-22)18-29(19-26)25(31)32-17-20-6-4-3-5-7-20/h3-11,22,27H,2,12-19H2,1H3,(H,28,30). The van der Waals surface area contributed by atoms with Gasteiger partial charge in [0.1, 0.15) is 6.61 Å². The van der Waals surface area contributed by atoms with Crippen LogP contribution in [0, 0.1) is 5.41 Å². The monoisotopic (exact) mass is 435 g/mol. The van der Waals surface area contributed by atoms with Gasteiger partial charge in [-0.15, -0.1) is 0 Å². The minimum Gasteiger partial charge on any atom is -0.445 e. The van der Waals surface area contributed by atoms with Gasteiger partial charge in [-0.05, 0) is 61.3 Å². The number of hydrogen-bond donors (Lipinski definition) is 2. The van der Waals surface area contributed by atoms with Crippen LogP contribution >= 0.6 is 0 Å². The Hall–Kier alpha value is -2.86. The van der Waals surface area contributed by atoms with E-state index in [1.807, 2.05) is 47.4 Å². The van der Waals surface area contributed by atoms with Crippen molar-refractivity contribution in [2.45, 2.75) is 51.6 Å². The van der Waals surface area contributed by atoms with Crippen LogP contribution in [0.15, 0.2) is 54.6 Å². The first-order valence-corrected chi connectivity index (χ1v) is 11.7. The zero-order chi connectivity index (χ0) is 22.4. The first-order valence-electron chi connectivity index (χ1n) is 11.7. The van der Waals surface area contributed by atoms with Gasteiger partial charge in [-0.1, -0.05) is 49.4 Å². The number of rotatable bonds is 7. The van der Waals surface area contributed by atoms with E-state index in [-0.39, 0.29) is 17.4 Å². The third kappa shape index (κ3) is 5.30. The summed E-state index contributed by atoms with van der Waals surface area (Å²) in [5.74, 6) is 0.427. The predicted octanol–water partition coefficient (Wildman–Crippen LogP) is 4.63. The lowest BCUT2D eigenvalue weighted by molar-refractivity contribution is -0.0303. The molecular formula is C26H33N3O3. The highest BCUT2D eigenvalue weighted by Crippen LogP contribution is 2.48. The second-order valence-electron chi connectivity index (χ2n) is 9.17. The molecule has 1 spiro atoms. The molecule has 2 aliphatic rings. The van der Waals surface area contributed by atoms with Crippen LogP contribution in [-0.2, 0) is 11.3 Å². The highest BCUT2D eigenvalue weighted by atomic mass is 16.6. The molecule has 0 radical (unpaired) electrons. The highest BCUT2D eigenvalue weighted by molar-refractivity contribution is 5.93. The van der Waals surface area contributed by atoms with E-state index in [0.29, 0.717) is 18.1 Å². The molecule has 4 rings (SSSR count). The fourth-order valence-electron chi connectivity index (χ4n) is 4.83. The third-order valence-electron chi connectivity index (χ3n) is 6.78. The van der Waals surface area contributed by atoms with Gasteiger partial charge in [0, 0.05) is 30.6 Å². The lowest BCUT2D eigenvalue weighted by Gasteiger charge is -2.52. The van der Waals surface area contributed by atoms with Crippen LogP contribution in [0.2, 0.25) is 0 Å². The van der Waals surface area contributed by atoms with E-state index in [4.69, 9.17) is 4.74 Å². The van der Waals surface area contributed by atoms with Gasteiger partial charge >= 0.3 is 6.09 Å². The Labute approximate surface area is 190 Å². The van der Waals surface area contributed by atoms with Gasteiger partial charge in [-0.25, -0.2) is 10.2 Å². The number of amides is 2. The molecule has 2 amide bonds. The van der Waals surface area contributed by atoms with Gasteiger partial charge in [0.25, 0.3) is 5.91 Å². The molecule has 1 saturated heterocycles. The van der Waals surface area contributed by atoms with E-state index in [9.17, 15) is 9.59 Å². The molecule has 1 saturated carbocycles. The van der Waals surface area contributed by atoms with Crippen molar-refractivity contribution < 1.29 is 14.3 Å². The van der Waals surface area contributed by atoms with Crippen LogP contribution in [-0.4, -0.2) is 36.5 Å². The van der Waals surface area contributed by atoms with E-state index in [2.05, 4.69) is 29.9 Å². The van der Waals surface area contributed by atoms with Gasteiger partial charge in [-0.2, -0.15) is 0 Å². The number of likely N-dealkylation sites (tertiary alicyclic amines) is 1. The third-order valence-corrected chi connectivity index (χ3v) is 6.78. The van der Waals surface area contributed by atoms with Crippen molar-refractivity contribution in [3.8, 4) is 0 Å². The molecule has 6 heteroatoms. The summed E-state index contributed by atoms with van der Waals surface area (Å²) >= 11 is 0. The quantitative estimate of drug-likeness (QED) is 0.491. The Balaban J connectivity index is 1.21. The van der Waals surface area contributed by atoms with Crippen molar-refractivity contribution in [1.29, 1.82) is 0 Å². The van der Waals surface area contributed by atoms with Crippen molar-refractivity contribution in [2.75, 3.05) is 19.6 Å². The maximum atomic E-state index is 12.3. The second-order valence-corrected chi connectivity index (χ2v) is 9.17. The van der Waals surface area contributed by atoms with Crippen LogP contribution in [0.3, 0.4) is 0 Å². The molecular weight excluding hydrogens is 402 g/mol. The maximum absolute atomic E-state index is 12.3. The Kier molecular flexibility index (Phi) is 7.10. The molecule has 1 heterocycles. The largest absolute Gasteiger partial charge is 0.445 e. The first-order chi connectivity index (χ1) is 15.6. The number of ether oxygens (including phenoxy) is 1. The maximum Gasteiger partial charge on any atom is 0.410 e. The summed E-state index contributed by atoms with van der Waals surface area (Å²) < 4.78 is 5.47. The van der Waals surface area contributed by atoms with Crippen molar-refractivity contribution in [2.24, 2.45) is 5.41 Å². The molecule has 32 heavy (non-hydrogen) atoms. The number of benzene rings is 2. The first kappa shape index (κ1) is 22.3. The topological polar surface area (TPSA) is 70.7 Å². The van der Waals surface area contributed by atoms with Crippen LogP contribution in [0.4, 0.5) is 4.79 Å². The summed E-state index contributed by atoms with van der Waals surface area (Å²) in [6.45, 7) is 4.75. The molecule has 0 bridgehead atoms. The van der Waals surface area contributed by atoms with E-state index < -0.39 is 0 Å². The number of carbonyl (C=O) groups excluding carboxylic acids is 2. The minimum absolute atomic E-state index is 0.0960. The molecule has 170 valence electrons. The Morgan fingerprint density at radius 1 is 1.03 bits per heavy atom. The van der Waals surface area contributed by atoms with Gasteiger partial charge < -0.3 is 9.64 Å². The van der Waals surface area contributed by atoms with Gasteiger partial charge in [-0.3, -0.25) is 10.2 Å². The van der Waals surface area contributed by atoms with E-state index >= 15 is 0 Å². The fraction of sp³-hybridized carbons (Fsp3) is 0.462. The average molecular weight is 436 g/mol. The summed E-state index contributed by atoms with van der Waals surface area (Å²) in [5.41, 5.74) is 8.89. The zero-order valence-corrected chi connectivity index (χ0v) is 18.8. The van der Waals surface area contributed by atoms with Crippen molar-refractivity contribution in [3.05, 3.63) is 71.3 Å². The minimum atomic E-state index is -0.205. The molecule has 2 N–H and O–H groups in total. The molecule has 0 atom stereocenters. The van der Waals surface area contributed by atoms with Gasteiger partial charge in [0.2, 0.25) is 0 Å². The van der Waals surface area contributed by atoms with Gasteiger partial charge in [0.05, 0.1) is 0 Å². The van der Waals surface area contributed by atoms with Crippen molar-refractivity contribution in [1.82, 2.24) is 15.8 Å². The summed E-state index contributed by atoms with van der Waals surface area (Å²) in [6, 6.07) is 17.8. The summed E-state index contributed by atoms with van der Waals surface area (Å²) in [6.07, 6.45) is 5.26. The van der Waals surface area contributed by atoms with Crippen LogP contribution < -0.4 is 10.9 Å². The molecule has 1 aliphatic heterocycles. The second kappa shape index (κ2) is 10.2. The average Bonchev–Trinajstić information content (AvgIpc) is 2.82. The van der Waals surface area contributed by atoms with Crippen LogP contribution in [0.25, 0.3) is 0 Å². The number of hydrogen-bond acceptors (Lipinski definition) is 4. The molecule has 6 nitrogen and oxygen atoms in total.